The van der Waals surface area contributed by atoms with Crippen LogP contribution in [-0.4, -0.2) is 22.8 Å². The Kier molecular flexibility index (Phi) is 4.89. The molecule has 0 aliphatic heterocycles. The van der Waals surface area contributed by atoms with Gasteiger partial charge in [-0.15, -0.1) is 0 Å². The fourth-order valence-electron chi connectivity index (χ4n) is 1.21. The highest BCUT2D eigenvalue weighted by Crippen LogP contribution is 2.29. The summed E-state index contributed by atoms with van der Waals surface area (Å²) in [5.74, 6) is 0.0494. The molecule has 0 saturated heterocycles. The number of carbonyl (C=O) groups is 1. The lowest BCUT2D eigenvalue weighted by Gasteiger charge is -2.07. The Morgan fingerprint density at radius 1 is 1.59 bits per heavy atom. The molecule has 0 aliphatic carbocycles. The van der Waals surface area contributed by atoms with Crippen molar-refractivity contribution >= 4 is 33.2 Å². The summed E-state index contributed by atoms with van der Waals surface area (Å²) in [6.07, 6.45) is 0. The highest BCUT2D eigenvalue weighted by Gasteiger charge is 2.16. The SMILES string of the molecule is CCOc1ccc(NC(=O)CBr)c([N+](=O)[O-])c1. The first-order valence-corrected chi connectivity index (χ1v) is 5.97. The van der Waals surface area contributed by atoms with E-state index in [0.29, 0.717) is 12.4 Å². The quantitative estimate of drug-likeness (QED) is 0.514. The first-order chi connectivity index (χ1) is 8.08. The Hall–Kier alpha value is -1.63. The third-order valence-corrected chi connectivity index (χ3v) is 2.38. The summed E-state index contributed by atoms with van der Waals surface area (Å²) in [4.78, 5) is 21.4. The zero-order chi connectivity index (χ0) is 12.8. The maximum absolute atomic E-state index is 11.2. The lowest BCUT2D eigenvalue weighted by atomic mass is 10.2. The molecule has 0 unspecified atom stereocenters. The van der Waals surface area contributed by atoms with Gasteiger partial charge < -0.3 is 10.1 Å². The van der Waals surface area contributed by atoms with Crippen molar-refractivity contribution in [3.8, 4) is 5.75 Å². The lowest BCUT2D eigenvalue weighted by Crippen LogP contribution is -2.13. The fourth-order valence-corrected chi connectivity index (χ4v) is 1.35. The summed E-state index contributed by atoms with van der Waals surface area (Å²) in [5, 5.41) is 13.3. The van der Waals surface area contributed by atoms with Gasteiger partial charge in [0.05, 0.1) is 22.9 Å². The summed E-state index contributed by atoms with van der Waals surface area (Å²) in [6.45, 7) is 2.20. The summed E-state index contributed by atoms with van der Waals surface area (Å²) >= 11 is 2.97. The van der Waals surface area contributed by atoms with Gasteiger partial charge in [0.2, 0.25) is 5.91 Å². The van der Waals surface area contributed by atoms with Crippen molar-refractivity contribution in [1.82, 2.24) is 0 Å². The molecular formula is C10H11BrN2O4. The van der Waals surface area contributed by atoms with E-state index in [1.54, 1.807) is 13.0 Å². The number of nitro groups is 1. The molecule has 1 aromatic carbocycles. The van der Waals surface area contributed by atoms with Crippen LogP contribution in [0.1, 0.15) is 6.92 Å². The van der Waals surface area contributed by atoms with E-state index in [0.717, 1.165) is 0 Å². The Morgan fingerprint density at radius 2 is 2.29 bits per heavy atom. The van der Waals surface area contributed by atoms with Gasteiger partial charge in [0.25, 0.3) is 5.69 Å². The predicted octanol–water partition coefficient (Wildman–Crippen LogP) is 2.33. The molecule has 6 nitrogen and oxygen atoms in total. The van der Waals surface area contributed by atoms with Crippen LogP contribution in [0.2, 0.25) is 0 Å². The molecule has 0 bridgehead atoms. The molecule has 17 heavy (non-hydrogen) atoms. The number of nitrogens with zero attached hydrogens (tertiary/aromatic N) is 1. The number of halogens is 1. The van der Waals surface area contributed by atoms with Gasteiger partial charge >= 0.3 is 0 Å². The van der Waals surface area contributed by atoms with Gasteiger partial charge in [-0.25, -0.2) is 0 Å². The first kappa shape index (κ1) is 13.4. The van der Waals surface area contributed by atoms with Crippen LogP contribution in [0.25, 0.3) is 0 Å². The highest BCUT2D eigenvalue weighted by atomic mass is 79.9. The standard InChI is InChI=1S/C10H11BrN2O4/c1-2-17-7-3-4-8(12-10(14)6-11)9(5-7)13(15)16/h3-5H,2,6H2,1H3,(H,12,14). The monoisotopic (exact) mass is 302 g/mol. The van der Waals surface area contributed by atoms with Crippen molar-refractivity contribution in [2.75, 3.05) is 17.3 Å². The molecule has 0 heterocycles. The summed E-state index contributed by atoms with van der Waals surface area (Å²) < 4.78 is 5.16. The summed E-state index contributed by atoms with van der Waals surface area (Å²) in [6, 6.07) is 4.30. The van der Waals surface area contributed by atoms with Crippen molar-refractivity contribution in [1.29, 1.82) is 0 Å². The van der Waals surface area contributed by atoms with E-state index in [1.807, 2.05) is 0 Å². The average molecular weight is 303 g/mol. The maximum atomic E-state index is 11.2. The van der Waals surface area contributed by atoms with Gasteiger partial charge in [-0.1, -0.05) is 15.9 Å². The highest BCUT2D eigenvalue weighted by molar-refractivity contribution is 9.09. The minimum atomic E-state index is -0.563. The van der Waals surface area contributed by atoms with Gasteiger partial charge in [-0.05, 0) is 19.1 Å². The van der Waals surface area contributed by atoms with Crippen molar-refractivity contribution in [3.63, 3.8) is 0 Å². The smallest absolute Gasteiger partial charge is 0.296 e. The number of rotatable bonds is 5. The number of amides is 1. The molecular weight excluding hydrogens is 292 g/mol. The number of hydrogen-bond acceptors (Lipinski definition) is 4. The second-order valence-corrected chi connectivity index (χ2v) is 3.61. The maximum Gasteiger partial charge on any atom is 0.296 e. The third kappa shape index (κ3) is 3.70. The number of hydrogen-bond donors (Lipinski definition) is 1. The van der Waals surface area contributed by atoms with E-state index in [4.69, 9.17) is 4.74 Å². The molecule has 0 radical (unpaired) electrons. The number of anilines is 1. The molecule has 0 atom stereocenters. The van der Waals surface area contributed by atoms with Crippen molar-refractivity contribution in [2.24, 2.45) is 0 Å². The third-order valence-electron chi connectivity index (χ3n) is 1.87. The fraction of sp³-hybridized carbons (Fsp3) is 0.300. The van der Waals surface area contributed by atoms with E-state index < -0.39 is 4.92 Å². The topological polar surface area (TPSA) is 81.5 Å². The normalized spacial score (nSPS) is 9.76. The van der Waals surface area contributed by atoms with Crippen LogP contribution < -0.4 is 10.1 Å². The zero-order valence-corrected chi connectivity index (χ0v) is 10.7. The number of nitro benzene ring substituents is 1. The van der Waals surface area contributed by atoms with Crippen molar-refractivity contribution in [3.05, 3.63) is 28.3 Å². The van der Waals surface area contributed by atoms with Gasteiger partial charge in [0, 0.05) is 0 Å². The van der Waals surface area contributed by atoms with E-state index in [9.17, 15) is 14.9 Å². The Bertz CT molecular complexity index is 436. The van der Waals surface area contributed by atoms with Gasteiger partial charge in [-0.3, -0.25) is 14.9 Å². The molecule has 1 N–H and O–H groups in total. The van der Waals surface area contributed by atoms with E-state index >= 15 is 0 Å². The summed E-state index contributed by atoms with van der Waals surface area (Å²) in [7, 11) is 0. The second kappa shape index (κ2) is 6.19. The van der Waals surface area contributed by atoms with Crippen LogP contribution in [0.3, 0.4) is 0 Å². The van der Waals surface area contributed by atoms with Crippen LogP contribution >= 0.6 is 15.9 Å². The molecule has 0 spiro atoms. The van der Waals surface area contributed by atoms with E-state index in [1.165, 1.54) is 12.1 Å². The molecule has 1 rings (SSSR count). The van der Waals surface area contributed by atoms with E-state index in [2.05, 4.69) is 21.2 Å². The van der Waals surface area contributed by atoms with Crippen LogP contribution in [0.5, 0.6) is 5.75 Å². The second-order valence-electron chi connectivity index (χ2n) is 3.05. The van der Waals surface area contributed by atoms with Gasteiger partial charge in [0.1, 0.15) is 11.4 Å². The van der Waals surface area contributed by atoms with Gasteiger partial charge in [0.15, 0.2) is 0 Å². The van der Waals surface area contributed by atoms with Crippen molar-refractivity contribution < 1.29 is 14.5 Å². The number of ether oxygens (including phenoxy) is 1. The minimum Gasteiger partial charge on any atom is -0.494 e. The van der Waals surface area contributed by atoms with Crippen LogP contribution in [0.4, 0.5) is 11.4 Å². The van der Waals surface area contributed by atoms with Crippen LogP contribution in [0, 0.1) is 10.1 Å². The molecule has 0 aliphatic rings. The predicted molar refractivity (Wildman–Crippen MR) is 66.7 cm³/mol. The Morgan fingerprint density at radius 3 is 2.82 bits per heavy atom. The largest absolute Gasteiger partial charge is 0.494 e. The van der Waals surface area contributed by atoms with Gasteiger partial charge in [-0.2, -0.15) is 0 Å². The number of nitrogens with one attached hydrogen (secondary N) is 1. The Labute approximate surface area is 106 Å². The molecule has 0 saturated carbocycles. The minimum absolute atomic E-state index is 0.0807. The molecule has 0 fully saturated rings. The number of carbonyl (C=O) groups excluding carboxylic acids is 1. The molecule has 92 valence electrons. The zero-order valence-electron chi connectivity index (χ0n) is 9.10. The van der Waals surface area contributed by atoms with Crippen LogP contribution in [-0.2, 0) is 4.79 Å². The average Bonchev–Trinajstić information content (AvgIpc) is 2.31. The van der Waals surface area contributed by atoms with Crippen molar-refractivity contribution in [2.45, 2.75) is 6.92 Å². The summed E-state index contributed by atoms with van der Waals surface area (Å²) in [5.41, 5.74) is -0.0341. The van der Waals surface area contributed by atoms with E-state index in [-0.39, 0.29) is 22.6 Å². The lowest BCUT2D eigenvalue weighted by molar-refractivity contribution is -0.384. The molecule has 0 aromatic heterocycles. The molecule has 1 aromatic rings. The molecule has 7 heteroatoms. The van der Waals surface area contributed by atoms with Crippen LogP contribution in [0.15, 0.2) is 18.2 Å². The number of alkyl halides is 1. The number of benzene rings is 1. The first-order valence-electron chi connectivity index (χ1n) is 4.85. The Balaban J connectivity index is 3.04. The molecule has 1 amide bonds.